The zero-order valence-corrected chi connectivity index (χ0v) is 11.6. The standard InChI is InChI=1S/C13H14N4O4/c1-3-21-13(18)10(8-14)9-15-16(2)11-6-4-5-7-12(11)17(19)20/h4-7,9,15H,3H2,1-2H3. The molecule has 0 saturated heterocycles. The van der Waals surface area contributed by atoms with Crippen molar-refractivity contribution >= 4 is 17.3 Å². The van der Waals surface area contributed by atoms with Crippen molar-refractivity contribution in [3.05, 3.63) is 46.2 Å². The second kappa shape index (κ2) is 7.49. The molecule has 0 radical (unpaired) electrons. The molecular formula is C13H14N4O4. The highest BCUT2D eigenvalue weighted by Gasteiger charge is 2.16. The SMILES string of the molecule is CCOC(=O)C(C#N)=CNN(C)c1ccccc1[N+](=O)[O-]. The van der Waals surface area contributed by atoms with Crippen LogP contribution in [0.2, 0.25) is 0 Å². The van der Waals surface area contributed by atoms with E-state index in [0.717, 1.165) is 6.20 Å². The van der Waals surface area contributed by atoms with E-state index in [0.29, 0.717) is 5.69 Å². The van der Waals surface area contributed by atoms with Gasteiger partial charge in [-0.15, -0.1) is 0 Å². The molecule has 1 aromatic carbocycles. The molecule has 0 aliphatic heterocycles. The van der Waals surface area contributed by atoms with Crippen molar-refractivity contribution in [2.45, 2.75) is 6.92 Å². The largest absolute Gasteiger partial charge is 0.462 e. The van der Waals surface area contributed by atoms with Crippen molar-refractivity contribution in [3.63, 3.8) is 0 Å². The van der Waals surface area contributed by atoms with Gasteiger partial charge in [-0.25, -0.2) is 4.79 Å². The Labute approximate surface area is 121 Å². The zero-order chi connectivity index (χ0) is 15.8. The van der Waals surface area contributed by atoms with Crippen LogP contribution in [-0.4, -0.2) is 24.5 Å². The maximum absolute atomic E-state index is 11.4. The van der Waals surface area contributed by atoms with Crippen LogP contribution in [0.15, 0.2) is 36.0 Å². The Morgan fingerprint density at radius 1 is 1.57 bits per heavy atom. The van der Waals surface area contributed by atoms with E-state index in [1.54, 1.807) is 25.1 Å². The van der Waals surface area contributed by atoms with Gasteiger partial charge in [0.15, 0.2) is 5.57 Å². The van der Waals surface area contributed by atoms with Crippen molar-refractivity contribution < 1.29 is 14.5 Å². The number of nitrogens with one attached hydrogen (secondary N) is 1. The lowest BCUT2D eigenvalue weighted by Gasteiger charge is -2.18. The fourth-order valence-electron chi connectivity index (χ4n) is 1.48. The summed E-state index contributed by atoms with van der Waals surface area (Å²) in [6.07, 6.45) is 1.13. The molecule has 0 aliphatic rings. The van der Waals surface area contributed by atoms with E-state index in [2.05, 4.69) is 5.43 Å². The Kier molecular flexibility index (Phi) is 5.70. The van der Waals surface area contributed by atoms with Crippen molar-refractivity contribution in [2.24, 2.45) is 0 Å². The van der Waals surface area contributed by atoms with Crippen LogP contribution >= 0.6 is 0 Å². The summed E-state index contributed by atoms with van der Waals surface area (Å²) in [4.78, 5) is 21.8. The number of benzene rings is 1. The second-order valence-corrected chi connectivity index (χ2v) is 3.82. The number of nitriles is 1. The molecule has 1 aromatic rings. The van der Waals surface area contributed by atoms with Gasteiger partial charge < -0.3 is 10.2 Å². The normalized spacial score (nSPS) is 10.4. The van der Waals surface area contributed by atoms with E-state index >= 15 is 0 Å². The van der Waals surface area contributed by atoms with Crippen LogP contribution in [0.25, 0.3) is 0 Å². The number of rotatable bonds is 6. The van der Waals surface area contributed by atoms with Gasteiger partial charge >= 0.3 is 5.97 Å². The minimum Gasteiger partial charge on any atom is -0.462 e. The Hall–Kier alpha value is -3.08. The number of carbonyl (C=O) groups excluding carboxylic acids is 1. The molecule has 0 unspecified atom stereocenters. The zero-order valence-electron chi connectivity index (χ0n) is 11.6. The number of hydrogen-bond donors (Lipinski definition) is 1. The topological polar surface area (TPSA) is 108 Å². The molecule has 0 amide bonds. The summed E-state index contributed by atoms with van der Waals surface area (Å²) in [5.74, 6) is -0.761. The third kappa shape index (κ3) is 4.21. The van der Waals surface area contributed by atoms with E-state index < -0.39 is 10.9 Å². The third-order valence-electron chi connectivity index (χ3n) is 2.46. The molecule has 1 rings (SSSR count). The van der Waals surface area contributed by atoms with Crippen LogP contribution in [0.5, 0.6) is 0 Å². The summed E-state index contributed by atoms with van der Waals surface area (Å²) in [7, 11) is 1.53. The van der Waals surface area contributed by atoms with Gasteiger partial charge in [-0.1, -0.05) is 12.1 Å². The van der Waals surface area contributed by atoms with Gasteiger partial charge in [0.1, 0.15) is 11.8 Å². The molecule has 0 spiro atoms. The number of hydrogen-bond acceptors (Lipinski definition) is 7. The number of nitro benzene ring substituents is 1. The predicted molar refractivity (Wildman–Crippen MR) is 75.0 cm³/mol. The van der Waals surface area contributed by atoms with E-state index in [1.165, 1.54) is 24.2 Å². The van der Waals surface area contributed by atoms with Crippen molar-refractivity contribution in [2.75, 3.05) is 18.7 Å². The van der Waals surface area contributed by atoms with Gasteiger partial charge in [-0.2, -0.15) is 5.26 Å². The summed E-state index contributed by atoms with van der Waals surface area (Å²) in [5, 5.41) is 21.1. The van der Waals surface area contributed by atoms with Crippen LogP contribution in [0.3, 0.4) is 0 Å². The van der Waals surface area contributed by atoms with Crippen LogP contribution in [0.1, 0.15) is 6.92 Å². The van der Waals surface area contributed by atoms with Gasteiger partial charge in [0.2, 0.25) is 0 Å². The first-order valence-electron chi connectivity index (χ1n) is 6.02. The quantitative estimate of drug-likeness (QED) is 0.278. The lowest BCUT2D eigenvalue weighted by molar-refractivity contribution is -0.384. The number of ether oxygens (including phenoxy) is 1. The first-order valence-corrected chi connectivity index (χ1v) is 6.02. The first kappa shape index (κ1) is 16.0. The Bertz CT molecular complexity index is 606. The van der Waals surface area contributed by atoms with Crippen molar-refractivity contribution in [1.82, 2.24) is 5.43 Å². The number of para-hydroxylation sites is 2. The number of carbonyl (C=O) groups is 1. The van der Waals surface area contributed by atoms with E-state index in [-0.39, 0.29) is 17.9 Å². The highest BCUT2D eigenvalue weighted by Crippen LogP contribution is 2.25. The summed E-state index contributed by atoms with van der Waals surface area (Å²) < 4.78 is 4.70. The van der Waals surface area contributed by atoms with Gasteiger partial charge in [0.05, 0.1) is 11.5 Å². The number of nitrogens with zero attached hydrogens (tertiary/aromatic N) is 3. The molecule has 21 heavy (non-hydrogen) atoms. The Morgan fingerprint density at radius 2 is 2.24 bits per heavy atom. The average molecular weight is 290 g/mol. The number of esters is 1. The summed E-state index contributed by atoms with van der Waals surface area (Å²) in [6.45, 7) is 1.78. The number of anilines is 1. The molecule has 0 saturated carbocycles. The molecule has 110 valence electrons. The van der Waals surface area contributed by atoms with Gasteiger partial charge in [-0.05, 0) is 13.0 Å². The lowest BCUT2D eigenvalue weighted by atomic mass is 10.2. The van der Waals surface area contributed by atoms with Crippen molar-refractivity contribution in [1.29, 1.82) is 5.26 Å². The van der Waals surface area contributed by atoms with Crippen LogP contribution in [0, 0.1) is 21.4 Å². The smallest absolute Gasteiger partial charge is 0.350 e. The number of nitro groups is 1. The molecular weight excluding hydrogens is 276 g/mol. The summed E-state index contributed by atoms with van der Waals surface area (Å²) >= 11 is 0. The van der Waals surface area contributed by atoms with Crippen LogP contribution in [0.4, 0.5) is 11.4 Å². The van der Waals surface area contributed by atoms with Gasteiger partial charge in [-0.3, -0.25) is 15.1 Å². The Balaban J connectivity index is 2.91. The molecule has 0 heterocycles. The minimum atomic E-state index is -0.761. The molecule has 0 aliphatic carbocycles. The third-order valence-corrected chi connectivity index (χ3v) is 2.46. The molecule has 0 bridgehead atoms. The fourth-order valence-corrected chi connectivity index (χ4v) is 1.48. The van der Waals surface area contributed by atoms with Crippen molar-refractivity contribution in [3.8, 4) is 6.07 Å². The molecule has 0 aromatic heterocycles. The average Bonchev–Trinajstić information content (AvgIpc) is 2.47. The molecule has 8 heteroatoms. The molecule has 0 fully saturated rings. The van der Waals surface area contributed by atoms with Crippen LogP contribution in [-0.2, 0) is 9.53 Å². The monoisotopic (exact) mass is 290 g/mol. The van der Waals surface area contributed by atoms with Gasteiger partial charge in [0, 0.05) is 19.3 Å². The fraction of sp³-hybridized carbons (Fsp3) is 0.231. The summed E-state index contributed by atoms with van der Waals surface area (Å²) in [6, 6.07) is 7.77. The highest BCUT2D eigenvalue weighted by atomic mass is 16.6. The molecule has 0 atom stereocenters. The van der Waals surface area contributed by atoms with E-state index in [1.807, 2.05) is 0 Å². The summed E-state index contributed by atoms with van der Waals surface area (Å²) in [5.41, 5.74) is 2.58. The maximum atomic E-state index is 11.4. The number of hydrazine groups is 1. The maximum Gasteiger partial charge on any atom is 0.350 e. The van der Waals surface area contributed by atoms with E-state index in [4.69, 9.17) is 10.00 Å². The van der Waals surface area contributed by atoms with Gasteiger partial charge in [0.25, 0.3) is 5.69 Å². The highest BCUT2D eigenvalue weighted by molar-refractivity contribution is 5.92. The first-order chi connectivity index (χ1) is 10.0. The molecule has 8 nitrogen and oxygen atoms in total. The van der Waals surface area contributed by atoms with Crippen LogP contribution < -0.4 is 10.4 Å². The Morgan fingerprint density at radius 3 is 2.81 bits per heavy atom. The predicted octanol–water partition coefficient (Wildman–Crippen LogP) is 1.51. The van der Waals surface area contributed by atoms with E-state index in [9.17, 15) is 14.9 Å². The minimum absolute atomic E-state index is 0.101. The second-order valence-electron chi connectivity index (χ2n) is 3.82. The molecule has 1 N–H and O–H groups in total. The lowest BCUT2D eigenvalue weighted by Crippen LogP contribution is -2.31.